The Bertz CT molecular complexity index is 1450. The molecule has 38 heavy (non-hydrogen) atoms. The van der Waals surface area contributed by atoms with Gasteiger partial charge in [-0.25, -0.2) is 4.79 Å². The van der Waals surface area contributed by atoms with E-state index < -0.39 is 11.9 Å². The highest BCUT2D eigenvalue weighted by atomic mass is 35.5. The summed E-state index contributed by atoms with van der Waals surface area (Å²) in [5.41, 5.74) is 4.81. The summed E-state index contributed by atoms with van der Waals surface area (Å²) in [4.78, 5) is 34.2. The van der Waals surface area contributed by atoms with Gasteiger partial charge in [0.05, 0.1) is 22.5 Å². The van der Waals surface area contributed by atoms with E-state index in [4.69, 9.17) is 16.7 Å². The molecular weight excluding hydrogens is 524 g/mol. The molecule has 0 aliphatic rings. The van der Waals surface area contributed by atoms with Crippen molar-refractivity contribution >= 4 is 57.8 Å². The zero-order chi connectivity index (χ0) is 27.1. The molecule has 196 valence electrons. The number of carboxylic acids is 2. The second-order valence-corrected chi connectivity index (χ2v) is 10.3. The normalized spacial score (nSPS) is 11.0. The molecule has 0 aliphatic carbocycles. The lowest BCUT2D eigenvalue weighted by Crippen LogP contribution is -2.13. The first kappa shape index (κ1) is 27.3. The van der Waals surface area contributed by atoms with E-state index in [1.807, 2.05) is 24.3 Å². The minimum atomic E-state index is -1.03. The van der Waals surface area contributed by atoms with Crippen molar-refractivity contribution in [1.82, 2.24) is 4.57 Å². The number of thioether (sulfide) groups is 1. The summed E-state index contributed by atoms with van der Waals surface area (Å²) in [7, 11) is 0. The molecule has 3 aromatic carbocycles. The smallest absolute Gasteiger partial charge is 0.335 e. The Balaban J connectivity index is 1.59. The zero-order valence-electron chi connectivity index (χ0n) is 20.5. The summed E-state index contributed by atoms with van der Waals surface area (Å²) in [6.07, 6.45) is 0.584. The summed E-state index contributed by atoms with van der Waals surface area (Å²) in [6.45, 7) is 0.502. The topological polar surface area (TPSA) is 109 Å². The molecule has 0 fully saturated rings. The quantitative estimate of drug-likeness (QED) is 0.178. The minimum absolute atomic E-state index is 0.113. The molecule has 1 amide bonds. The van der Waals surface area contributed by atoms with Crippen molar-refractivity contribution in [3.8, 4) is 0 Å². The number of halogens is 1. The molecule has 3 N–H and O–H groups in total. The molecule has 4 rings (SSSR count). The van der Waals surface area contributed by atoms with Crippen LogP contribution in [0.2, 0.25) is 5.02 Å². The van der Waals surface area contributed by atoms with E-state index in [9.17, 15) is 19.5 Å². The molecule has 0 atom stereocenters. The van der Waals surface area contributed by atoms with Crippen molar-refractivity contribution in [2.45, 2.75) is 31.6 Å². The Hall–Kier alpha value is -3.75. The standard InChI is InChI=1S/C29H27ClN2O5S/c30-28-23-16-22(31-26(33)12-13-27(34)35)10-11-24(23)32(17-20-6-8-21(9-7-20)29(36)37)25(28)18-38-15-14-19-4-2-1-3-5-19/h1-11,16H,12-15,17-18H2,(H,31,33)(H,34,35)(H,36,37). The molecule has 0 saturated carbocycles. The van der Waals surface area contributed by atoms with Gasteiger partial charge in [0.1, 0.15) is 0 Å². The number of benzene rings is 3. The summed E-state index contributed by atoms with van der Waals surface area (Å²) < 4.78 is 2.12. The predicted octanol–water partition coefficient (Wildman–Crippen LogP) is 6.32. The summed E-state index contributed by atoms with van der Waals surface area (Å²) in [6, 6.07) is 22.5. The Morgan fingerprint density at radius 1 is 0.895 bits per heavy atom. The average molecular weight is 551 g/mol. The number of aromatic nitrogens is 1. The maximum absolute atomic E-state index is 12.2. The number of nitrogens with one attached hydrogen (secondary N) is 1. The van der Waals surface area contributed by atoms with Crippen LogP contribution in [0.4, 0.5) is 5.69 Å². The molecule has 0 radical (unpaired) electrons. The number of aryl methyl sites for hydroxylation is 1. The predicted molar refractivity (Wildman–Crippen MR) is 151 cm³/mol. The van der Waals surface area contributed by atoms with Gasteiger partial charge in [0.25, 0.3) is 0 Å². The van der Waals surface area contributed by atoms with Crippen molar-refractivity contribution < 1.29 is 24.6 Å². The van der Waals surface area contributed by atoms with Crippen LogP contribution in [-0.4, -0.2) is 38.4 Å². The zero-order valence-corrected chi connectivity index (χ0v) is 22.1. The molecule has 9 heteroatoms. The van der Waals surface area contributed by atoms with Crippen LogP contribution in [0.3, 0.4) is 0 Å². The van der Waals surface area contributed by atoms with Crippen molar-refractivity contribution in [3.63, 3.8) is 0 Å². The van der Waals surface area contributed by atoms with Crippen LogP contribution in [-0.2, 0) is 28.3 Å². The summed E-state index contributed by atoms with van der Waals surface area (Å²) in [5.74, 6) is -0.785. The van der Waals surface area contributed by atoms with E-state index in [1.165, 1.54) is 5.56 Å². The van der Waals surface area contributed by atoms with Crippen LogP contribution in [0.1, 0.15) is 40.0 Å². The van der Waals surface area contributed by atoms with Gasteiger partial charge in [-0.15, -0.1) is 0 Å². The second-order valence-electron chi connectivity index (χ2n) is 8.81. The SMILES string of the molecule is O=C(O)CCC(=O)Nc1ccc2c(c1)c(Cl)c(CSCCc1ccccc1)n2Cc1ccc(C(=O)O)cc1. The van der Waals surface area contributed by atoms with Gasteiger partial charge in [-0.3, -0.25) is 9.59 Å². The Labute approximate surface area is 229 Å². The molecule has 1 heterocycles. The summed E-state index contributed by atoms with van der Waals surface area (Å²) in [5, 5.41) is 22.2. The fourth-order valence-corrected chi connectivity index (χ4v) is 5.57. The molecule has 0 aliphatic heterocycles. The molecule has 0 spiro atoms. The van der Waals surface area contributed by atoms with Crippen LogP contribution < -0.4 is 5.32 Å². The lowest BCUT2D eigenvalue weighted by Gasteiger charge is -2.12. The number of carboxylic acid groups (broad SMARTS) is 2. The van der Waals surface area contributed by atoms with Crippen LogP contribution in [0.25, 0.3) is 10.9 Å². The third kappa shape index (κ3) is 6.96. The van der Waals surface area contributed by atoms with Gasteiger partial charge in [-0.2, -0.15) is 11.8 Å². The average Bonchev–Trinajstić information content (AvgIpc) is 3.16. The van der Waals surface area contributed by atoms with Gasteiger partial charge in [0.15, 0.2) is 0 Å². The van der Waals surface area contributed by atoms with Gasteiger partial charge in [0, 0.05) is 35.5 Å². The fourth-order valence-electron chi connectivity index (χ4n) is 4.15. The number of hydrogen-bond donors (Lipinski definition) is 3. The number of aromatic carboxylic acids is 1. The second kappa shape index (κ2) is 12.7. The largest absolute Gasteiger partial charge is 0.481 e. The van der Waals surface area contributed by atoms with E-state index in [0.29, 0.717) is 23.0 Å². The lowest BCUT2D eigenvalue weighted by atomic mass is 10.1. The highest BCUT2D eigenvalue weighted by molar-refractivity contribution is 7.98. The molecular formula is C29H27ClN2O5S. The van der Waals surface area contributed by atoms with E-state index in [1.54, 1.807) is 48.2 Å². The number of nitrogens with zero attached hydrogens (tertiary/aromatic N) is 1. The fraction of sp³-hybridized carbons (Fsp3) is 0.207. The molecule has 7 nitrogen and oxygen atoms in total. The number of rotatable bonds is 12. The van der Waals surface area contributed by atoms with Gasteiger partial charge in [0.2, 0.25) is 5.91 Å². The lowest BCUT2D eigenvalue weighted by molar-refractivity contribution is -0.138. The number of carbonyl (C=O) groups is 3. The minimum Gasteiger partial charge on any atom is -0.481 e. The van der Waals surface area contributed by atoms with Crippen molar-refractivity contribution in [2.75, 3.05) is 11.1 Å². The van der Waals surface area contributed by atoms with Gasteiger partial charge in [-0.1, -0.05) is 54.1 Å². The van der Waals surface area contributed by atoms with Crippen LogP contribution in [0.15, 0.2) is 72.8 Å². The summed E-state index contributed by atoms with van der Waals surface area (Å²) >= 11 is 8.68. The highest BCUT2D eigenvalue weighted by Gasteiger charge is 2.18. The third-order valence-corrected chi connectivity index (χ3v) is 7.50. The van der Waals surface area contributed by atoms with Crippen molar-refractivity contribution in [3.05, 3.63) is 100 Å². The Morgan fingerprint density at radius 3 is 2.32 bits per heavy atom. The molecule has 4 aromatic rings. The molecule has 0 unspecified atom stereocenters. The van der Waals surface area contributed by atoms with Crippen LogP contribution in [0.5, 0.6) is 0 Å². The number of anilines is 1. The number of hydrogen-bond acceptors (Lipinski definition) is 4. The van der Waals surface area contributed by atoms with Crippen molar-refractivity contribution in [2.24, 2.45) is 0 Å². The maximum atomic E-state index is 12.2. The van der Waals surface area contributed by atoms with E-state index in [0.717, 1.165) is 34.3 Å². The number of aliphatic carboxylic acids is 1. The van der Waals surface area contributed by atoms with Gasteiger partial charge < -0.3 is 20.1 Å². The van der Waals surface area contributed by atoms with E-state index in [-0.39, 0.29) is 24.3 Å². The maximum Gasteiger partial charge on any atom is 0.335 e. The molecule has 0 saturated heterocycles. The van der Waals surface area contributed by atoms with E-state index >= 15 is 0 Å². The monoisotopic (exact) mass is 550 g/mol. The van der Waals surface area contributed by atoms with Gasteiger partial charge >= 0.3 is 11.9 Å². The Kier molecular flexibility index (Phi) is 9.10. The highest BCUT2D eigenvalue weighted by Crippen LogP contribution is 2.35. The first-order valence-corrected chi connectivity index (χ1v) is 13.6. The van der Waals surface area contributed by atoms with E-state index in [2.05, 4.69) is 22.0 Å². The number of fused-ring (bicyclic) bond motifs is 1. The van der Waals surface area contributed by atoms with Gasteiger partial charge in [-0.05, 0) is 53.6 Å². The first-order chi connectivity index (χ1) is 18.3. The number of amides is 1. The molecule has 0 bridgehead atoms. The van der Waals surface area contributed by atoms with Crippen LogP contribution >= 0.6 is 23.4 Å². The molecule has 1 aromatic heterocycles. The van der Waals surface area contributed by atoms with Crippen LogP contribution in [0, 0.1) is 0 Å². The van der Waals surface area contributed by atoms with Crippen molar-refractivity contribution in [1.29, 1.82) is 0 Å². The Morgan fingerprint density at radius 2 is 1.63 bits per heavy atom. The third-order valence-electron chi connectivity index (χ3n) is 6.11. The first-order valence-electron chi connectivity index (χ1n) is 12.1. The number of carbonyl (C=O) groups excluding carboxylic acids is 1.